The van der Waals surface area contributed by atoms with Gasteiger partial charge in [0.2, 0.25) is 0 Å². The zero-order chi connectivity index (χ0) is 15.1. The molecule has 1 amide bonds. The topological polar surface area (TPSA) is 71.8 Å². The smallest absolute Gasteiger partial charge is 0.251 e. The van der Waals surface area contributed by atoms with Gasteiger partial charge in [-0.2, -0.15) is 0 Å². The van der Waals surface area contributed by atoms with Crippen LogP contribution in [0.1, 0.15) is 37.0 Å². The van der Waals surface area contributed by atoms with Crippen LogP contribution in [0.15, 0.2) is 18.2 Å². The fourth-order valence-electron chi connectivity index (χ4n) is 1.76. The molecule has 2 rings (SSSR count). The number of aromatic amines is 1. The van der Waals surface area contributed by atoms with Gasteiger partial charge >= 0.3 is 0 Å². The van der Waals surface area contributed by atoms with Gasteiger partial charge in [0.25, 0.3) is 5.91 Å². The van der Waals surface area contributed by atoms with Crippen molar-refractivity contribution in [1.82, 2.24) is 9.97 Å². The normalized spacial score (nSPS) is 11.7. The van der Waals surface area contributed by atoms with Crippen LogP contribution in [-0.2, 0) is 5.41 Å². The highest BCUT2D eigenvalue weighted by Crippen LogP contribution is 2.30. The molecule has 0 unspecified atom stereocenters. The van der Waals surface area contributed by atoms with Crippen molar-refractivity contribution in [3.05, 3.63) is 40.6 Å². The van der Waals surface area contributed by atoms with Crippen LogP contribution in [0.4, 0.5) is 4.39 Å². The zero-order valence-corrected chi connectivity index (χ0v) is 12.2. The molecule has 6 heteroatoms. The van der Waals surface area contributed by atoms with E-state index >= 15 is 0 Å². The second-order valence-corrected chi connectivity index (χ2v) is 5.93. The van der Waals surface area contributed by atoms with Crippen molar-refractivity contribution in [3.8, 4) is 11.3 Å². The van der Waals surface area contributed by atoms with Gasteiger partial charge in [-0.25, -0.2) is 9.37 Å². The van der Waals surface area contributed by atoms with Crippen molar-refractivity contribution in [3.63, 3.8) is 0 Å². The van der Waals surface area contributed by atoms with Crippen LogP contribution in [0.2, 0.25) is 5.15 Å². The molecule has 1 aromatic carbocycles. The third-order valence-electron chi connectivity index (χ3n) is 2.88. The molecule has 0 radical (unpaired) electrons. The summed E-state index contributed by atoms with van der Waals surface area (Å²) in [5.74, 6) is -0.791. The molecule has 0 atom stereocenters. The van der Waals surface area contributed by atoms with Crippen LogP contribution >= 0.6 is 11.6 Å². The third kappa shape index (κ3) is 2.67. The Bertz CT molecular complexity index is 674. The van der Waals surface area contributed by atoms with Gasteiger partial charge in [-0.1, -0.05) is 38.4 Å². The Morgan fingerprint density at radius 2 is 2.05 bits per heavy atom. The van der Waals surface area contributed by atoms with Gasteiger partial charge in [-0.15, -0.1) is 0 Å². The number of rotatable bonds is 2. The zero-order valence-electron chi connectivity index (χ0n) is 11.4. The van der Waals surface area contributed by atoms with Gasteiger partial charge in [0.15, 0.2) is 0 Å². The first-order valence-electron chi connectivity index (χ1n) is 6.06. The Balaban J connectivity index is 2.50. The van der Waals surface area contributed by atoms with Crippen LogP contribution in [0.25, 0.3) is 11.3 Å². The summed E-state index contributed by atoms with van der Waals surface area (Å²) in [6.07, 6.45) is 0. The number of benzene rings is 1. The highest BCUT2D eigenvalue weighted by molar-refractivity contribution is 6.31. The largest absolute Gasteiger partial charge is 0.366 e. The van der Waals surface area contributed by atoms with Crippen LogP contribution in [-0.4, -0.2) is 15.9 Å². The van der Waals surface area contributed by atoms with Gasteiger partial charge < -0.3 is 10.7 Å². The Kier molecular flexibility index (Phi) is 3.56. The summed E-state index contributed by atoms with van der Waals surface area (Å²) in [7, 11) is 0. The average Bonchev–Trinajstić information content (AvgIpc) is 2.70. The molecule has 0 aliphatic carbocycles. The number of hydrogen-bond donors (Lipinski definition) is 2. The maximum Gasteiger partial charge on any atom is 0.251 e. The van der Waals surface area contributed by atoms with E-state index in [0.717, 1.165) is 0 Å². The van der Waals surface area contributed by atoms with Crippen molar-refractivity contribution in [2.24, 2.45) is 5.73 Å². The molecule has 0 aliphatic heterocycles. The van der Waals surface area contributed by atoms with Gasteiger partial charge in [-0.05, 0) is 12.1 Å². The summed E-state index contributed by atoms with van der Waals surface area (Å²) in [4.78, 5) is 18.4. The predicted molar refractivity (Wildman–Crippen MR) is 76.2 cm³/mol. The van der Waals surface area contributed by atoms with E-state index in [1.807, 2.05) is 20.8 Å². The predicted octanol–water partition coefficient (Wildman–Crippen LogP) is 3.27. The first-order chi connectivity index (χ1) is 9.20. The van der Waals surface area contributed by atoms with Crippen molar-refractivity contribution < 1.29 is 9.18 Å². The summed E-state index contributed by atoms with van der Waals surface area (Å²) in [5.41, 5.74) is 5.65. The maximum absolute atomic E-state index is 13.8. The molecule has 0 spiro atoms. The molecule has 3 N–H and O–H groups in total. The van der Waals surface area contributed by atoms with E-state index in [9.17, 15) is 9.18 Å². The Morgan fingerprint density at radius 3 is 2.50 bits per heavy atom. The lowest BCUT2D eigenvalue weighted by atomic mass is 9.96. The minimum Gasteiger partial charge on any atom is -0.366 e. The number of primary amides is 1. The van der Waals surface area contributed by atoms with E-state index in [1.165, 1.54) is 12.1 Å². The number of imidazole rings is 1. The van der Waals surface area contributed by atoms with Gasteiger partial charge in [0.05, 0.1) is 5.56 Å². The van der Waals surface area contributed by atoms with Crippen LogP contribution in [0, 0.1) is 5.82 Å². The number of halogens is 2. The van der Waals surface area contributed by atoms with E-state index in [1.54, 1.807) is 6.07 Å². The molecule has 0 saturated carbocycles. The molecular formula is C14H15ClFN3O. The van der Waals surface area contributed by atoms with Gasteiger partial charge in [0.1, 0.15) is 22.5 Å². The molecule has 2 aromatic rings. The number of carbonyl (C=O) groups excluding carboxylic acids is 1. The lowest BCUT2D eigenvalue weighted by Gasteiger charge is -2.13. The number of aromatic nitrogens is 2. The van der Waals surface area contributed by atoms with Crippen LogP contribution in [0.5, 0.6) is 0 Å². The minimum atomic E-state index is -0.808. The average molecular weight is 296 g/mol. The molecule has 4 nitrogen and oxygen atoms in total. The van der Waals surface area contributed by atoms with Crippen LogP contribution < -0.4 is 5.73 Å². The van der Waals surface area contributed by atoms with E-state index in [4.69, 9.17) is 17.3 Å². The van der Waals surface area contributed by atoms with Gasteiger partial charge in [-0.3, -0.25) is 4.79 Å². The number of nitrogens with two attached hydrogens (primary N) is 1. The number of hydrogen-bond acceptors (Lipinski definition) is 2. The van der Waals surface area contributed by atoms with Crippen molar-refractivity contribution in [1.29, 1.82) is 0 Å². The number of carbonyl (C=O) groups is 1. The quantitative estimate of drug-likeness (QED) is 0.892. The molecule has 1 aromatic heterocycles. The summed E-state index contributed by atoms with van der Waals surface area (Å²) in [6, 6.07) is 4.10. The van der Waals surface area contributed by atoms with Crippen LogP contribution in [0.3, 0.4) is 0 Å². The molecule has 0 aliphatic rings. The van der Waals surface area contributed by atoms with E-state index in [0.29, 0.717) is 22.2 Å². The standard InChI is InChI=1S/C14H15ClFN3O/c1-14(2,3)13-18-10(11(15)19-13)7-4-5-8(12(17)20)9(16)6-7/h4-6H,1-3H3,(H2,17,20)(H,18,19). The summed E-state index contributed by atoms with van der Waals surface area (Å²) < 4.78 is 13.8. The Labute approximate surface area is 121 Å². The SMILES string of the molecule is CC(C)(C)c1nc(-c2ccc(C(N)=O)c(F)c2)c(Cl)[nH]1. The molecule has 0 saturated heterocycles. The van der Waals surface area contributed by atoms with Gasteiger partial charge in [0, 0.05) is 11.0 Å². The minimum absolute atomic E-state index is 0.156. The summed E-state index contributed by atoms with van der Waals surface area (Å²) >= 11 is 6.11. The molecule has 0 bridgehead atoms. The van der Waals surface area contributed by atoms with Crippen molar-refractivity contribution >= 4 is 17.5 Å². The first kappa shape index (κ1) is 14.5. The molecule has 0 fully saturated rings. The Hall–Kier alpha value is -1.88. The van der Waals surface area contributed by atoms with E-state index in [2.05, 4.69) is 9.97 Å². The Morgan fingerprint density at radius 1 is 1.40 bits per heavy atom. The number of H-pyrrole nitrogens is 1. The van der Waals surface area contributed by atoms with Crippen molar-refractivity contribution in [2.75, 3.05) is 0 Å². The summed E-state index contributed by atoms with van der Waals surface area (Å²) in [5, 5.41) is 0.334. The highest BCUT2D eigenvalue weighted by Gasteiger charge is 2.21. The first-order valence-corrected chi connectivity index (χ1v) is 6.43. The number of nitrogens with one attached hydrogen (secondary N) is 1. The number of nitrogens with zero attached hydrogens (tertiary/aromatic N) is 1. The lowest BCUT2D eigenvalue weighted by Crippen LogP contribution is -2.13. The lowest BCUT2D eigenvalue weighted by molar-refractivity contribution is 0.0996. The van der Waals surface area contributed by atoms with E-state index < -0.39 is 11.7 Å². The molecule has 20 heavy (non-hydrogen) atoms. The maximum atomic E-state index is 13.8. The molecule has 1 heterocycles. The number of amides is 1. The van der Waals surface area contributed by atoms with E-state index in [-0.39, 0.29) is 11.0 Å². The fraction of sp³-hybridized carbons (Fsp3) is 0.286. The second-order valence-electron chi connectivity index (χ2n) is 5.56. The monoisotopic (exact) mass is 295 g/mol. The second kappa shape index (κ2) is 4.90. The molecular weight excluding hydrogens is 281 g/mol. The molecule has 106 valence electrons. The summed E-state index contributed by atoms with van der Waals surface area (Å²) in [6.45, 7) is 5.97. The van der Waals surface area contributed by atoms with Crippen molar-refractivity contribution in [2.45, 2.75) is 26.2 Å². The fourth-order valence-corrected chi connectivity index (χ4v) is 2.00. The third-order valence-corrected chi connectivity index (χ3v) is 3.15. The highest BCUT2D eigenvalue weighted by atomic mass is 35.5.